The number of nitrogens with two attached hydrogens (primary N) is 1. The van der Waals surface area contributed by atoms with Crippen molar-refractivity contribution in [3.05, 3.63) is 72.6 Å². The molecule has 33 heavy (non-hydrogen) atoms. The number of nitrogen functional groups attached to an aromatic ring is 1. The molecule has 3 heterocycles. The van der Waals surface area contributed by atoms with Crippen LogP contribution in [0.2, 0.25) is 0 Å². The van der Waals surface area contributed by atoms with E-state index in [0.29, 0.717) is 28.5 Å². The first-order chi connectivity index (χ1) is 15.8. The lowest BCUT2D eigenvalue weighted by Crippen LogP contribution is -2.07. The molecule has 3 N–H and O–H groups in total. The van der Waals surface area contributed by atoms with Crippen molar-refractivity contribution >= 4 is 17.0 Å². The van der Waals surface area contributed by atoms with Crippen LogP contribution in [0.1, 0.15) is 5.69 Å². The van der Waals surface area contributed by atoms with Crippen LogP contribution >= 0.6 is 0 Å². The van der Waals surface area contributed by atoms with Crippen molar-refractivity contribution in [1.29, 1.82) is 0 Å². The third-order valence-electron chi connectivity index (χ3n) is 5.13. The van der Waals surface area contributed by atoms with Gasteiger partial charge in [-0.2, -0.15) is 13.2 Å². The summed E-state index contributed by atoms with van der Waals surface area (Å²) in [6.07, 6.45) is -3.16. The lowest BCUT2D eigenvalue weighted by Gasteiger charge is -2.07. The number of hydrogen-bond acceptors (Lipinski definition) is 5. The van der Waals surface area contributed by atoms with Gasteiger partial charge in [0.25, 0.3) is 0 Å². The Morgan fingerprint density at radius 1 is 0.970 bits per heavy atom. The largest absolute Gasteiger partial charge is 0.457 e. The van der Waals surface area contributed by atoms with Crippen molar-refractivity contribution < 1.29 is 17.9 Å². The molecule has 166 valence electrons. The molecule has 2 aromatic carbocycles. The van der Waals surface area contributed by atoms with E-state index in [4.69, 9.17) is 10.5 Å². The summed E-state index contributed by atoms with van der Waals surface area (Å²) in [5.74, 6) is 1.24. The second kappa shape index (κ2) is 7.66. The van der Waals surface area contributed by atoms with E-state index in [0.717, 1.165) is 5.52 Å². The van der Waals surface area contributed by atoms with E-state index < -0.39 is 11.9 Å². The van der Waals surface area contributed by atoms with E-state index in [1.54, 1.807) is 53.1 Å². The average Bonchev–Trinajstić information content (AvgIpc) is 3.37. The van der Waals surface area contributed by atoms with Crippen molar-refractivity contribution in [2.45, 2.75) is 6.18 Å². The van der Waals surface area contributed by atoms with Gasteiger partial charge in [0.15, 0.2) is 5.82 Å². The molecule has 0 aliphatic carbocycles. The van der Waals surface area contributed by atoms with E-state index in [1.165, 1.54) is 12.3 Å². The molecule has 0 saturated heterocycles. The molecule has 0 spiro atoms. The third-order valence-corrected chi connectivity index (χ3v) is 5.13. The van der Waals surface area contributed by atoms with Gasteiger partial charge in [-0.15, -0.1) is 0 Å². The number of ether oxygens (including phenoxy) is 1. The fourth-order valence-corrected chi connectivity index (χ4v) is 3.51. The van der Waals surface area contributed by atoms with E-state index in [2.05, 4.69) is 19.9 Å². The van der Waals surface area contributed by atoms with Gasteiger partial charge in [-0.25, -0.2) is 9.97 Å². The number of fused-ring (bicyclic) bond motifs is 1. The fourth-order valence-electron chi connectivity index (χ4n) is 3.51. The molecule has 0 bridgehead atoms. The van der Waals surface area contributed by atoms with E-state index in [-0.39, 0.29) is 17.2 Å². The van der Waals surface area contributed by atoms with Crippen LogP contribution in [0, 0.1) is 0 Å². The molecule has 5 aromatic rings. The SMILES string of the molecule is Cn1c(N)nc2cc(Oc3ccnc(-c4nc(-c5ccccc5)c(C(F)(F)F)[nH]4)c3)ccc21. The standard InChI is InChI=1S/C23H17F3N6O/c1-32-18-8-7-14(11-16(18)29-22(32)27)33-15-9-10-28-17(12-15)21-30-19(13-5-3-2-4-6-13)20(31-21)23(24,25)26/h2-12H,1H3,(H2,27,29)(H,30,31). The zero-order chi connectivity index (χ0) is 23.2. The Kier molecular flexibility index (Phi) is 4.77. The highest BCUT2D eigenvalue weighted by Crippen LogP contribution is 2.37. The van der Waals surface area contributed by atoms with Gasteiger partial charge in [0.1, 0.15) is 28.6 Å². The minimum absolute atomic E-state index is 0.0143. The molecule has 0 aliphatic rings. The number of pyridine rings is 1. The number of anilines is 1. The summed E-state index contributed by atoms with van der Waals surface area (Å²) in [6, 6.07) is 16.6. The fraction of sp³-hybridized carbons (Fsp3) is 0.0870. The first-order valence-electron chi connectivity index (χ1n) is 9.88. The van der Waals surface area contributed by atoms with Gasteiger partial charge in [-0.05, 0) is 18.2 Å². The molecule has 0 radical (unpaired) electrons. The number of H-pyrrole nitrogens is 1. The predicted octanol–water partition coefficient (Wildman–Crippen LogP) is 5.42. The van der Waals surface area contributed by atoms with Gasteiger partial charge in [-0.1, -0.05) is 30.3 Å². The van der Waals surface area contributed by atoms with Crippen LogP contribution in [0.15, 0.2) is 66.9 Å². The number of rotatable bonds is 4. The Morgan fingerprint density at radius 3 is 2.48 bits per heavy atom. The zero-order valence-electron chi connectivity index (χ0n) is 17.3. The Morgan fingerprint density at radius 2 is 1.73 bits per heavy atom. The van der Waals surface area contributed by atoms with Crippen LogP contribution in [-0.4, -0.2) is 24.5 Å². The summed E-state index contributed by atoms with van der Waals surface area (Å²) in [7, 11) is 1.81. The summed E-state index contributed by atoms with van der Waals surface area (Å²) >= 11 is 0. The number of aryl methyl sites for hydroxylation is 1. The molecular weight excluding hydrogens is 433 g/mol. The highest BCUT2D eigenvalue weighted by atomic mass is 19.4. The zero-order valence-corrected chi connectivity index (χ0v) is 17.3. The Hall–Kier alpha value is -4.34. The lowest BCUT2D eigenvalue weighted by molar-refractivity contribution is -0.140. The quantitative estimate of drug-likeness (QED) is 0.381. The molecule has 0 unspecified atom stereocenters. The maximum absolute atomic E-state index is 13.7. The second-order valence-corrected chi connectivity index (χ2v) is 7.33. The van der Waals surface area contributed by atoms with Gasteiger partial charge in [0, 0.05) is 30.9 Å². The first-order valence-corrected chi connectivity index (χ1v) is 9.88. The van der Waals surface area contributed by atoms with Gasteiger partial charge in [0.05, 0.1) is 11.0 Å². The van der Waals surface area contributed by atoms with E-state index in [9.17, 15) is 13.2 Å². The summed E-state index contributed by atoms with van der Waals surface area (Å²) in [5.41, 5.74) is 6.78. The minimum Gasteiger partial charge on any atom is -0.457 e. The molecule has 3 aromatic heterocycles. The molecule has 10 heteroatoms. The van der Waals surface area contributed by atoms with Gasteiger partial charge >= 0.3 is 6.18 Å². The number of aromatic amines is 1. The normalized spacial score (nSPS) is 11.8. The van der Waals surface area contributed by atoms with Gasteiger partial charge in [-0.3, -0.25) is 4.98 Å². The Labute approximate surface area is 185 Å². The van der Waals surface area contributed by atoms with Crippen LogP contribution < -0.4 is 10.5 Å². The maximum atomic E-state index is 13.7. The van der Waals surface area contributed by atoms with E-state index in [1.807, 2.05) is 13.1 Å². The van der Waals surface area contributed by atoms with Crippen LogP contribution in [-0.2, 0) is 13.2 Å². The molecule has 7 nitrogen and oxygen atoms in total. The minimum atomic E-state index is -4.61. The van der Waals surface area contributed by atoms with Crippen LogP contribution in [0.4, 0.5) is 19.1 Å². The summed E-state index contributed by atoms with van der Waals surface area (Å²) in [6.45, 7) is 0. The summed E-state index contributed by atoms with van der Waals surface area (Å²) in [4.78, 5) is 15.0. The Balaban J connectivity index is 1.50. The number of halogens is 3. The van der Waals surface area contributed by atoms with Crippen LogP contribution in [0.3, 0.4) is 0 Å². The van der Waals surface area contributed by atoms with E-state index >= 15 is 0 Å². The van der Waals surface area contributed by atoms with Crippen molar-refractivity contribution in [3.63, 3.8) is 0 Å². The number of alkyl halides is 3. The highest BCUT2D eigenvalue weighted by Gasteiger charge is 2.37. The van der Waals surface area contributed by atoms with Crippen molar-refractivity contribution in [2.24, 2.45) is 7.05 Å². The summed E-state index contributed by atoms with van der Waals surface area (Å²) < 4.78 is 48.6. The van der Waals surface area contributed by atoms with Crippen LogP contribution in [0.5, 0.6) is 11.5 Å². The smallest absolute Gasteiger partial charge is 0.433 e. The first kappa shape index (κ1) is 20.6. The predicted molar refractivity (Wildman–Crippen MR) is 117 cm³/mol. The Bertz CT molecular complexity index is 1460. The molecule has 0 aliphatic heterocycles. The van der Waals surface area contributed by atoms with Crippen molar-refractivity contribution in [1.82, 2.24) is 24.5 Å². The number of nitrogens with one attached hydrogen (secondary N) is 1. The van der Waals surface area contributed by atoms with Crippen molar-refractivity contribution in [2.75, 3.05) is 5.73 Å². The number of benzene rings is 2. The second-order valence-electron chi connectivity index (χ2n) is 7.33. The van der Waals surface area contributed by atoms with Crippen LogP contribution in [0.25, 0.3) is 33.8 Å². The molecule has 0 atom stereocenters. The number of aromatic nitrogens is 5. The molecule has 5 rings (SSSR count). The topological polar surface area (TPSA) is 94.6 Å². The lowest BCUT2D eigenvalue weighted by atomic mass is 10.1. The maximum Gasteiger partial charge on any atom is 0.433 e. The molecule has 0 saturated carbocycles. The highest BCUT2D eigenvalue weighted by molar-refractivity contribution is 5.79. The number of nitrogens with zero attached hydrogens (tertiary/aromatic N) is 4. The monoisotopic (exact) mass is 450 g/mol. The molecular formula is C23H17F3N6O. The average molecular weight is 450 g/mol. The number of imidazole rings is 2. The number of hydrogen-bond donors (Lipinski definition) is 2. The van der Waals surface area contributed by atoms with Crippen molar-refractivity contribution in [3.8, 4) is 34.3 Å². The summed E-state index contributed by atoms with van der Waals surface area (Å²) in [5, 5.41) is 0. The molecule has 0 amide bonds. The van der Waals surface area contributed by atoms with Gasteiger partial charge in [0.2, 0.25) is 5.95 Å². The molecule has 0 fully saturated rings. The third kappa shape index (κ3) is 3.86. The van der Waals surface area contributed by atoms with Gasteiger partial charge < -0.3 is 20.0 Å².